The Morgan fingerprint density at radius 3 is 2.43 bits per heavy atom. The van der Waals surface area contributed by atoms with Crippen molar-refractivity contribution in [3.8, 4) is 0 Å². The Labute approximate surface area is 128 Å². The molecular weight excluding hydrogens is 260 g/mol. The summed E-state index contributed by atoms with van der Waals surface area (Å²) in [4.78, 5) is 15.1. The van der Waals surface area contributed by atoms with Gasteiger partial charge in [0.2, 0.25) is 5.91 Å². The molecule has 0 saturated carbocycles. The van der Waals surface area contributed by atoms with Crippen LogP contribution in [0.1, 0.15) is 44.7 Å². The summed E-state index contributed by atoms with van der Waals surface area (Å²) < 4.78 is 0. The van der Waals surface area contributed by atoms with Crippen LogP contribution in [-0.4, -0.2) is 30.4 Å². The van der Waals surface area contributed by atoms with Crippen LogP contribution in [0.4, 0.5) is 0 Å². The number of nitrogens with one attached hydrogen (secondary N) is 1. The van der Waals surface area contributed by atoms with Crippen molar-refractivity contribution >= 4 is 5.91 Å². The van der Waals surface area contributed by atoms with E-state index in [1.54, 1.807) is 0 Å². The molecule has 1 aliphatic rings. The van der Waals surface area contributed by atoms with E-state index in [9.17, 15) is 4.79 Å². The highest BCUT2D eigenvalue weighted by molar-refractivity contribution is 5.84. The maximum absolute atomic E-state index is 13.0. The molecule has 0 spiro atoms. The number of fused-ring (bicyclic) bond motifs is 1. The molecule has 21 heavy (non-hydrogen) atoms. The van der Waals surface area contributed by atoms with Crippen LogP contribution in [0.15, 0.2) is 24.3 Å². The van der Waals surface area contributed by atoms with Gasteiger partial charge in [0.15, 0.2) is 0 Å². The summed E-state index contributed by atoms with van der Waals surface area (Å²) in [7, 11) is 0. The molecule has 0 fully saturated rings. The Morgan fingerprint density at radius 1 is 1.19 bits per heavy atom. The summed E-state index contributed by atoms with van der Waals surface area (Å²) >= 11 is 0. The average molecular weight is 288 g/mol. The fourth-order valence-electron chi connectivity index (χ4n) is 3.07. The lowest BCUT2D eigenvalue weighted by Crippen LogP contribution is -2.44. The third-order valence-electron chi connectivity index (χ3n) is 3.88. The Kier molecular flexibility index (Phi) is 5.40. The Bertz CT molecular complexity index is 472. The van der Waals surface area contributed by atoms with Crippen molar-refractivity contribution in [3.63, 3.8) is 0 Å². The van der Waals surface area contributed by atoms with E-state index in [1.807, 2.05) is 12.1 Å². The lowest BCUT2D eigenvalue weighted by atomic mass is 9.89. The Morgan fingerprint density at radius 2 is 1.81 bits per heavy atom. The number of hydrogen-bond donors (Lipinski definition) is 1. The van der Waals surface area contributed by atoms with E-state index in [-0.39, 0.29) is 11.8 Å². The number of amides is 1. The first-order chi connectivity index (χ1) is 9.99. The summed E-state index contributed by atoms with van der Waals surface area (Å²) in [6.07, 6.45) is 0. The zero-order chi connectivity index (χ0) is 15.4. The number of nitrogens with zero attached hydrogens (tertiary/aromatic N) is 1. The van der Waals surface area contributed by atoms with Crippen LogP contribution in [0.3, 0.4) is 0 Å². The molecule has 3 nitrogen and oxygen atoms in total. The molecule has 1 amide bonds. The second kappa shape index (κ2) is 7.08. The van der Waals surface area contributed by atoms with Crippen molar-refractivity contribution in [2.75, 3.05) is 19.6 Å². The number of hydrogen-bond acceptors (Lipinski definition) is 2. The van der Waals surface area contributed by atoms with Crippen LogP contribution in [0.25, 0.3) is 0 Å². The SMILES string of the molecule is CC(C)CN(CC(C)C)C(=O)C1CNCc2ccccc21. The third-order valence-corrected chi connectivity index (χ3v) is 3.88. The molecule has 0 bridgehead atoms. The zero-order valence-electron chi connectivity index (χ0n) is 13.7. The monoisotopic (exact) mass is 288 g/mol. The molecule has 0 saturated heterocycles. The first-order valence-corrected chi connectivity index (χ1v) is 8.06. The molecule has 1 aliphatic heterocycles. The molecular formula is C18H28N2O. The van der Waals surface area contributed by atoms with E-state index in [4.69, 9.17) is 0 Å². The predicted molar refractivity (Wildman–Crippen MR) is 87.1 cm³/mol. The molecule has 1 heterocycles. The first kappa shape index (κ1) is 16.0. The van der Waals surface area contributed by atoms with Crippen LogP contribution < -0.4 is 5.32 Å². The maximum atomic E-state index is 13.0. The molecule has 3 heteroatoms. The van der Waals surface area contributed by atoms with Gasteiger partial charge >= 0.3 is 0 Å². The summed E-state index contributed by atoms with van der Waals surface area (Å²) in [6.45, 7) is 12.0. The smallest absolute Gasteiger partial charge is 0.231 e. The molecule has 1 aromatic carbocycles. The highest BCUT2D eigenvalue weighted by Gasteiger charge is 2.30. The number of carbonyl (C=O) groups is 1. The molecule has 0 aliphatic carbocycles. The Balaban J connectivity index is 2.21. The minimum absolute atomic E-state index is 0.0348. The van der Waals surface area contributed by atoms with Gasteiger partial charge in [-0.1, -0.05) is 52.0 Å². The Hall–Kier alpha value is -1.35. The highest BCUT2D eigenvalue weighted by atomic mass is 16.2. The molecule has 2 rings (SSSR count). The fourth-order valence-corrected chi connectivity index (χ4v) is 3.07. The lowest BCUT2D eigenvalue weighted by Gasteiger charge is -2.33. The van der Waals surface area contributed by atoms with E-state index >= 15 is 0 Å². The molecule has 1 atom stereocenters. The van der Waals surface area contributed by atoms with Gasteiger partial charge in [0.1, 0.15) is 0 Å². The number of benzene rings is 1. The van der Waals surface area contributed by atoms with Crippen LogP contribution in [0.2, 0.25) is 0 Å². The van der Waals surface area contributed by atoms with E-state index in [1.165, 1.54) is 11.1 Å². The van der Waals surface area contributed by atoms with Gasteiger partial charge in [0, 0.05) is 26.2 Å². The molecule has 1 aromatic rings. The van der Waals surface area contributed by atoms with Crippen LogP contribution in [0, 0.1) is 11.8 Å². The molecule has 1 N–H and O–H groups in total. The van der Waals surface area contributed by atoms with Gasteiger partial charge in [-0.25, -0.2) is 0 Å². The van der Waals surface area contributed by atoms with Gasteiger partial charge in [0.05, 0.1) is 5.92 Å². The van der Waals surface area contributed by atoms with Gasteiger partial charge in [0.25, 0.3) is 0 Å². The van der Waals surface area contributed by atoms with E-state index in [0.29, 0.717) is 11.8 Å². The predicted octanol–water partition coefficient (Wildman–Crippen LogP) is 3.01. The van der Waals surface area contributed by atoms with Crippen molar-refractivity contribution in [1.82, 2.24) is 10.2 Å². The van der Waals surface area contributed by atoms with Gasteiger partial charge < -0.3 is 10.2 Å². The van der Waals surface area contributed by atoms with Crippen molar-refractivity contribution in [3.05, 3.63) is 35.4 Å². The molecule has 0 aromatic heterocycles. The number of carbonyl (C=O) groups excluding carboxylic acids is 1. The van der Waals surface area contributed by atoms with Gasteiger partial charge in [-0.2, -0.15) is 0 Å². The summed E-state index contributed by atoms with van der Waals surface area (Å²) in [5, 5.41) is 3.39. The summed E-state index contributed by atoms with van der Waals surface area (Å²) in [5.74, 6) is 1.24. The molecule has 0 radical (unpaired) electrons. The van der Waals surface area contributed by atoms with Crippen molar-refractivity contribution in [2.45, 2.75) is 40.2 Å². The average Bonchev–Trinajstić information content (AvgIpc) is 2.44. The van der Waals surface area contributed by atoms with Gasteiger partial charge in [-0.05, 0) is 23.0 Å². The zero-order valence-corrected chi connectivity index (χ0v) is 13.7. The minimum Gasteiger partial charge on any atom is -0.342 e. The summed E-state index contributed by atoms with van der Waals surface area (Å²) in [6, 6.07) is 8.33. The largest absolute Gasteiger partial charge is 0.342 e. The van der Waals surface area contributed by atoms with Gasteiger partial charge in [-0.3, -0.25) is 4.79 Å². The fraction of sp³-hybridized carbons (Fsp3) is 0.611. The minimum atomic E-state index is -0.0348. The summed E-state index contributed by atoms with van der Waals surface area (Å²) in [5.41, 5.74) is 2.47. The van der Waals surface area contributed by atoms with Crippen molar-refractivity contribution in [2.24, 2.45) is 11.8 Å². The molecule has 116 valence electrons. The quantitative estimate of drug-likeness (QED) is 0.903. The lowest BCUT2D eigenvalue weighted by molar-refractivity contribution is -0.134. The van der Waals surface area contributed by atoms with E-state index in [2.05, 4.69) is 50.0 Å². The van der Waals surface area contributed by atoms with Gasteiger partial charge in [-0.15, -0.1) is 0 Å². The molecule has 1 unspecified atom stereocenters. The second-order valence-corrected chi connectivity index (χ2v) is 6.91. The van der Waals surface area contributed by atoms with Crippen LogP contribution in [-0.2, 0) is 11.3 Å². The van der Waals surface area contributed by atoms with E-state index in [0.717, 1.165) is 26.2 Å². The topological polar surface area (TPSA) is 32.3 Å². The maximum Gasteiger partial charge on any atom is 0.231 e. The third kappa shape index (κ3) is 4.07. The first-order valence-electron chi connectivity index (χ1n) is 8.06. The van der Waals surface area contributed by atoms with Crippen LogP contribution >= 0.6 is 0 Å². The number of rotatable bonds is 5. The normalized spacial score (nSPS) is 17.9. The van der Waals surface area contributed by atoms with Crippen LogP contribution in [0.5, 0.6) is 0 Å². The van der Waals surface area contributed by atoms with E-state index < -0.39 is 0 Å². The second-order valence-electron chi connectivity index (χ2n) is 6.91. The highest BCUT2D eigenvalue weighted by Crippen LogP contribution is 2.26. The van der Waals surface area contributed by atoms with Crippen molar-refractivity contribution in [1.29, 1.82) is 0 Å². The standard InChI is InChI=1S/C18H28N2O/c1-13(2)11-20(12-14(3)4)18(21)17-10-19-9-15-7-5-6-8-16(15)17/h5-8,13-14,17,19H,9-12H2,1-4H3. The van der Waals surface area contributed by atoms with Crippen molar-refractivity contribution < 1.29 is 4.79 Å².